The van der Waals surface area contributed by atoms with Crippen molar-refractivity contribution in [1.29, 1.82) is 0 Å². The van der Waals surface area contributed by atoms with Crippen molar-refractivity contribution < 1.29 is 0 Å². The quantitative estimate of drug-likeness (QED) is 0.520. The molecule has 86 valence electrons. The van der Waals surface area contributed by atoms with Crippen LogP contribution in [-0.4, -0.2) is 0 Å². The number of fused-ring (bicyclic) bond motifs is 4. The molecule has 0 saturated heterocycles. The molecule has 0 heterocycles. The van der Waals surface area contributed by atoms with Crippen LogP contribution in [0.25, 0.3) is 33.7 Å². The third kappa shape index (κ3) is 1.39. The minimum Gasteiger partial charge on any atom is -0.0763 e. The van der Waals surface area contributed by atoms with Gasteiger partial charge in [0.25, 0.3) is 0 Å². The monoisotopic (exact) mass is 230 g/mol. The van der Waals surface area contributed by atoms with Gasteiger partial charge in [-0.1, -0.05) is 48.6 Å². The Kier molecular flexibility index (Phi) is 2.04. The van der Waals surface area contributed by atoms with Gasteiger partial charge in [0.1, 0.15) is 0 Å². The number of benzene rings is 3. The minimum atomic E-state index is 1.17. The Morgan fingerprint density at radius 1 is 0.667 bits per heavy atom. The molecule has 3 aromatic rings. The van der Waals surface area contributed by atoms with E-state index in [4.69, 9.17) is 0 Å². The zero-order valence-electron chi connectivity index (χ0n) is 10.2. The number of rotatable bonds is 0. The molecule has 0 aliphatic heterocycles. The molecule has 18 heavy (non-hydrogen) atoms. The van der Waals surface area contributed by atoms with Gasteiger partial charge in [0.2, 0.25) is 0 Å². The highest BCUT2D eigenvalue weighted by Gasteiger charge is 2.01. The van der Waals surface area contributed by atoms with Crippen LogP contribution < -0.4 is 10.4 Å². The first-order valence-corrected chi connectivity index (χ1v) is 6.54. The van der Waals surface area contributed by atoms with Gasteiger partial charge in [0.05, 0.1) is 0 Å². The Hall–Kier alpha value is -2.08. The van der Waals surface area contributed by atoms with Gasteiger partial charge in [0, 0.05) is 0 Å². The SMILES string of the molecule is C1=c2ccc3cc4ccccc4cc3c2=CCC1. The smallest absolute Gasteiger partial charge is 0.0102 e. The highest BCUT2D eigenvalue weighted by molar-refractivity contribution is 5.98. The zero-order chi connectivity index (χ0) is 11.9. The van der Waals surface area contributed by atoms with Gasteiger partial charge >= 0.3 is 0 Å². The van der Waals surface area contributed by atoms with E-state index >= 15 is 0 Å². The van der Waals surface area contributed by atoms with Gasteiger partial charge < -0.3 is 0 Å². The molecular formula is C18H14. The van der Waals surface area contributed by atoms with Crippen molar-refractivity contribution in [2.75, 3.05) is 0 Å². The van der Waals surface area contributed by atoms with E-state index in [1.165, 1.54) is 44.8 Å². The Labute approximate surface area is 106 Å². The van der Waals surface area contributed by atoms with E-state index in [1.54, 1.807) is 0 Å². The van der Waals surface area contributed by atoms with Gasteiger partial charge in [-0.15, -0.1) is 0 Å². The topological polar surface area (TPSA) is 0 Å². The lowest BCUT2D eigenvalue weighted by atomic mass is 9.98. The van der Waals surface area contributed by atoms with Crippen molar-refractivity contribution in [2.45, 2.75) is 12.8 Å². The van der Waals surface area contributed by atoms with Crippen molar-refractivity contribution in [3.63, 3.8) is 0 Å². The lowest BCUT2D eigenvalue weighted by molar-refractivity contribution is 1.12. The predicted molar refractivity (Wildman–Crippen MR) is 78.9 cm³/mol. The fourth-order valence-electron chi connectivity index (χ4n) is 2.93. The van der Waals surface area contributed by atoms with Crippen LogP contribution in [0, 0.1) is 0 Å². The first-order chi connectivity index (χ1) is 8.92. The summed E-state index contributed by atoms with van der Waals surface area (Å²) in [4.78, 5) is 0. The third-order valence-corrected chi connectivity index (χ3v) is 3.84. The standard InChI is InChI=1S/C18H14/c1-2-7-15-12-18-16(11-14(15)6-1)10-9-13-5-3-4-8-17(13)18/h1-2,5-12H,3-4H2. The van der Waals surface area contributed by atoms with E-state index in [1.807, 2.05) is 0 Å². The maximum absolute atomic E-state index is 2.38. The van der Waals surface area contributed by atoms with Crippen molar-refractivity contribution in [1.82, 2.24) is 0 Å². The number of hydrogen-bond acceptors (Lipinski definition) is 0. The molecule has 0 N–H and O–H groups in total. The normalized spacial score (nSPS) is 14.0. The lowest BCUT2D eigenvalue weighted by Crippen LogP contribution is -2.26. The van der Waals surface area contributed by atoms with Crippen LogP contribution in [0.2, 0.25) is 0 Å². The van der Waals surface area contributed by atoms with E-state index in [2.05, 4.69) is 60.7 Å². The fourth-order valence-corrected chi connectivity index (χ4v) is 2.93. The summed E-state index contributed by atoms with van der Waals surface area (Å²) in [5.41, 5.74) is 0. The van der Waals surface area contributed by atoms with Crippen LogP contribution >= 0.6 is 0 Å². The molecule has 1 aliphatic rings. The Balaban J connectivity index is 2.26. The molecule has 3 aromatic carbocycles. The van der Waals surface area contributed by atoms with Crippen LogP contribution in [-0.2, 0) is 0 Å². The van der Waals surface area contributed by atoms with E-state index in [0.29, 0.717) is 0 Å². The molecule has 0 saturated carbocycles. The molecule has 0 atom stereocenters. The van der Waals surface area contributed by atoms with Gasteiger partial charge in [-0.25, -0.2) is 0 Å². The third-order valence-electron chi connectivity index (χ3n) is 3.84. The van der Waals surface area contributed by atoms with Crippen LogP contribution in [0.3, 0.4) is 0 Å². The molecule has 0 bridgehead atoms. The second-order valence-corrected chi connectivity index (χ2v) is 4.97. The van der Waals surface area contributed by atoms with Gasteiger partial charge in [0.15, 0.2) is 0 Å². The van der Waals surface area contributed by atoms with Gasteiger partial charge in [-0.2, -0.15) is 0 Å². The highest BCUT2D eigenvalue weighted by atomic mass is 14.1. The van der Waals surface area contributed by atoms with Crippen LogP contribution in [0.4, 0.5) is 0 Å². The molecule has 4 rings (SSSR count). The lowest BCUT2D eigenvalue weighted by Gasteiger charge is -2.06. The van der Waals surface area contributed by atoms with Crippen molar-refractivity contribution in [3.05, 3.63) is 59.0 Å². The Morgan fingerprint density at radius 2 is 1.44 bits per heavy atom. The first-order valence-electron chi connectivity index (χ1n) is 6.54. The summed E-state index contributed by atoms with van der Waals surface area (Å²) in [5.74, 6) is 0. The largest absolute Gasteiger partial charge is 0.0763 e. The van der Waals surface area contributed by atoms with Crippen molar-refractivity contribution in [2.24, 2.45) is 0 Å². The average molecular weight is 230 g/mol. The Morgan fingerprint density at radius 3 is 2.33 bits per heavy atom. The zero-order valence-corrected chi connectivity index (χ0v) is 10.2. The van der Waals surface area contributed by atoms with Crippen molar-refractivity contribution in [3.8, 4) is 0 Å². The molecule has 0 spiro atoms. The summed E-state index contributed by atoms with van der Waals surface area (Å²) in [6.45, 7) is 0. The fraction of sp³-hybridized carbons (Fsp3) is 0.111. The summed E-state index contributed by atoms with van der Waals surface area (Å²) in [6.07, 6.45) is 7.07. The second kappa shape index (κ2) is 3.71. The van der Waals surface area contributed by atoms with Crippen LogP contribution in [0.5, 0.6) is 0 Å². The summed E-state index contributed by atoms with van der Waals surface area (Å²) < 4.78 is 0. The molecule has 0 heteroatoms. The maximum atomic E-state index is 2.38. The molecule has 0 fully saturated rings. The summed E-state index contributed by atoms with van der Waals surface area (Å²) in [6, 6.07) is 17.7. The molecule has 1 aliphatic carbocycles. The summed E-state index contributed by atoms with van der Waals surface area (Å²) in [5, 5.41) is 8.21. The minimum absolute atomic E-state index is 1.17. The first kappa shape index (κ1) is 9.90. The molecule has 0 nitrogen and oxygen atoms in total. The number of hydrogen-bond donors (Lipinski definition) is 0. The molecular weight excluding hydrogens is 216 g/mol. The van der Waals surface area contributed by atoms with Crippen LogP contribution in [0.1, 0.15) is 12.8 Å². The van der Waals surface area contributed by atoms with E-state index in [-0.39, 0.29) is 0 Å². The highest BCUT2D eigenvalue weighted by Crippen LogP contribution is 2.20. The van der Waals surface area contributed by atoms with Crippen LogP contribution in [0.15, 0.2) is 48.5 Å². The molecule has 0 unspecified atom stereocenters. The Bertz CT molecular complexity index is 870. The maximum Gasteiger partial charge on any atom is -0.0102 e. The van der Waals surface area contributed by atoms with Gasteiger partial charge in [-0.05, 0) is 57.0 Å². The van der Waals surface area contributed by atoms with E-state index in [9.17, 15) is 0 Å². The second-order valence-electron chi connectivity index (χ2n) is 4.97. The predicted octanol–water partition coefficient (Wildman–Crippen LogP) is 3.35. The molecule has 0 radical (unpaired) electrons. The molecule has 0 aromatic heterocycles. The van der Waals surface area contributed by atoms with Crippen molar-refractivity contribution >= 4 is 33.7 Å². The van der Waals surface area contributed by atoms with Gasteiger partial charge in [-0.3, -0.25) is 0 Å². The van der Waals surface area contributed by atoms with E-state index < -0.39 is 0 Å². The molecule has 0 amide bonds. The summed E-state index contributed by atoms with van der Waals surface area (Å²) in [7, 11) is 0. The average Bonchev–Trinajstić information content (AvgIpc) is 2.45. The van der Waals surface area contributed by atoms with E-state index in [0.717, 1.165) is 0 Å². The summed E-state index contributed by atoms with van der Waals surface area (Å²) >= 11 is 0.